The summed E-state index contributed by atoms with van der Waals surface area (Å²) in [4.78, 5) is 12.1. The molecule has 1 aromatic heterocycles. The van der Waals surface area contributed by atoms with E-state index in [4.69, 9.17) is 14.4 Å². The number of aliphatic hydroxyl groups is 1. The highest BCUT2D eigenvalue weighted by Gasteiger charge is 2.17. The maximum atomic E-state index is 12.1. The van der Waals surface area contributed by atoms with E-state index in [1.54, 1.807) is 13.2 Å². The third kappa shape index (κ3) is 4.14. The number of hydrogen-bond acceptors (Lipinski definition) is 5. The average Bonchev–Trinajstić information content (AvgIpc) is 2.98. The summed E-state index contributed by atoms with van der Waals surface area (Å²) in [6.45, 7) is 0.304. The van der Waals surface area contributed by atoms with E-state index in [2.05, 4.69) is 10.5 Å². The van der Waals surface area contributed by atoms with Gasteiger partial charge >= 0.3 is 0 Å². The Kier molecular flexibility index (Phi) is 5.48. The van der Waals surface area contributed by atoms with Crippen molar-refractivity contribution in [2.45, 2.75) is 12.5 Å². The molecule has 0 spiro atoms. The summed E-state index contributed by atoms with van der Waals surface area (Å²) >= 11 is 0. The molecule has 0 aliphatic rings. The molecule has 0 bridgehead atoms. The zero-order chi connectivity index (χ0) is 15.1. The maximum Gasteiger partial charge on any atom is 0.273 e. The molecule has 1 atom stereocenters. The van der Waals surface area contributed by atoms with E-state index in [1.165, 1.54) is 0 Å². The Bertz CT molecular complexity index is 562. The molecule has 1 aromatic carbocycles. The minimum Gasteiger partial charge on any atom is -0.396 e. The van der Waals surface area contributed by atoms with Crippen LogP contribution in [0.1, 0.15) is 16.9 Å². The quantitative estimate of drug-likeness (QED) is 0.806. The van der Waals surface area contributed by atoms with E-state index in [0.29, 0.717) is 18.8 Å². The number of hydrogen-bond donors (Lipinski definition) is 2. The third-order valence-corrected chi connectivity index (χ3v) is 2.98. The first kappa shape index (κ1) is 15.2. The van der Waals surface area contributed by atoms with Crippen LogP contribution in [-0.4, -0.2) is 42.5 Å². The predicted molar refractivity (Wildman–Crippen MR) is 76.8 cm³/mol. The minimum absolute atomic E-state index is 0.0254. The van der Waals surface area contributed by atoms with Crippen molar-refractivity contribution in [2.24, 2.45) is 0 Å². The molecule has 2 N–H and O–H groups in total. The summed E-state index contributed by atoms with van der Waals surface area (Å²) in [5.41, 5.74) is 1.06. The fourth-order valence-corrected chi connectivity index (χ4v) is 1.93. The van der Waals surface area contributed by atoms with Crippen molar-refractivity contribution in [3.8, 4) is 11.3 Å². The van der Waals surface area contributed by atoms with E-state index in [0.717, 1.165) is 5.56 Å². The number of carbonyl (C=O) groups is 1. The van der Waals surface area contributed by atoms with Gasteiger partial charge in [0.05, 0.1) is 12.6 Å². The molecule has 1 heterocycles. The molecule has 1 unspecified atom stereocenters. The van der Waals surface area contributed by atoms with Gasteiger partial charge in [0.25, 0.3) is 5.91 Å². The molecule has 0 radical (unpaired) electrons. The Morgan fingerprint density at radius 1 is 1.43 bits per heavy atom. The Morgan fingerprint density at radius 2 is 2.19 bits per heavy atom. The molecular formula is C15H18N2O4. The SMILES string of the molecule is COCC(CCO)NC(=O)c1cc(-c2ccccc2)on1. The second-order valence-electron chi connectivity index (χ2n) is 4.58. The van der Waals surface area contributed by atoms with E-state index in [1.807, 2.05) is 30.3 Å². The number of aromatic nitrogens is 1. The van der Waals surface area contributed by atoms with Crippen molar-refractivity contribution in [3.05, 3.63) is 42.1 Å². The van der Waals surface area contributed by atoms with Crippen molar-refractivity contribution >= 4 is 5.91 Å². The Balaban J connectivity index is 2.05. The monoisotopic (exact) mass is 290 g/mol. The molecule has 0 saturated heterocycles. The van der Waals surface area contributed by atoms with Gasteiger partial charge in [-0.3, -0.25) is 4.79 Å². The van der Waals surface area contributed by atoms with Crippen LogP contribution in [0.15, 0.2) is 40.9 Å². The van der Waals surface area contributed by atoms with E-state index in [-0.39, 0.29) is 24.2 Å². The Hall–Kier alpha value is -2.18. The fourth-order valence-electron chi connectivity index (χ4n) is 1.93. The molecule has 6 nitrogen and oxygen atoms in total. The summed E-state index contributed by atoms with van der Waals surface area (Å²) in [5.74, 6) is 0.183. The molecule has 112 valence electrons. The highest BCUT2D eigenvalue weighted by molar-refractivity contribution is 5.93. The van der Waals surface area contributed by atoms with Crippen molar-refractivity contribution in [1.82, 2.24) is 10.5 Å². The van der Waals surface area contributed by atoms with Gasteiger partial charge < -0.3 is 19.7 Å². The van der Waals surface area contributed by atoms with Gasteiger partial charge in [0.15, 0.2) is 11.5 Å². The number of nitrogens with one attached hydrogen (secondary N) is 1. The fraction of sp³-hybridized carbons (Fsp3) is 0.333. The lowest BCUT2D eigenvalue weighted by atomic mass is 10.1. The topological polar surface area (TPSA) is 84.6 Å². The molecule has 2 aromatic rings. The van der Waals surface area contributed by atoms with Gasteiger partial charge in [-0.1, -0.05) is 35.5 Å². The summed E-state index contributed by atoms with van der Waals surface area (Å²) < 4.78 is 10.2. The number of benzene rings is 1. The number of methoxy groups -OCH3 is 1. The number of aliphatic hydroxyl groups excluding tert-OH is 1. The second kappa shape index (κ2) is 7.56. The number of nitrogens with zero attached hydrogens (tertiary/aromatic N) is 1. The molecule has 0 fully saturated rings. The van der Waals surface area contributed by atoms with Gasteiger partial charge in [-0.15, -0.1) is 0 Å². The predicted octanol–water partition coefficient (Wildman–Crippen LogP) is 1.47. The largest absolute Gasteiger partial charge is 0.396 e. The van der Waals surface area contributed by atoms with E-state index >= 15 is 0 Å². The highest BCUT2D eigenvalue weighted by atomic mass is 16.5. The van der Waals surface area contributed by atoms with Crippen LogP contribution in [0.2, 0.25) is 0 Å². The first-order chi connectivity index (χ1) is 10.2. The van der Waals surface area contributed by atoms with Crippen LogP contribution < -0.4 is 5.32 Å². The van der Waals surface area contributed by atoms with Crippen LogP contribution in [-0.2, 0) is 4.74 Å². The molecule has 2 rings (SSSR count). The molecule has 21 heavy (non-hydrogen) atoms. The minimum atomic E-state index is -0.351. The van der Waals surface area contributed by atoms with Gasteiger partial charge in [0.2, 0.25) is 0 Å². The van der Waals surface area contributed by atoms with Crippen LogP contribution >= 0.6 is 0 Å². The molecule has 0 aliphatic heterocycles. The van der Waals surface area contributed by atoms with Gasteiger partial charge in [-0.2, -0.15) is 0 Å². The molecule has 0 saturated carbocycles. The molecule has 6 heteroatoms. The van der Waals surface area contributed by atoms with Crippen LogP contribution in [0.25, 0.3) is 11.3 Å². The maximum absolute atomic E-state index is 12.1. The van der Waals surface area contributed by atoms with Crippen molar-refractivity contribution in [2.75, 3.05) is 20.3 Å². The number of rotatable bonds is 7. The molecule has 1 amide bonds. The summed E-state index contributed by atoms with van der Waals surface area (Å²) in [7, 11) is 1.54. The van der Waals surface area contributed by atoms with Gasteiger partial charge in [-0.05, 0) is 6.42 Å². The first-order valence-electron chi connectivity index (χ1n) is 6.67. The average molecular weight is 290 g/mol. The van der Waals surface area contributed by atoms with Gasteiger partial charge in [0.1, 0.15) is 0 Å². The van der Waals surface area contributed by atoms with Crippen LogP contribution in [0.5, 0.6) is 0 Å². The zero-order valence-corrected chi connectivity index (χ0v) is 11.8. The lowest BCUT2D eigenvalue weighted by Crippen LogP contribution is -2.38. The second-order valence-corrected chi connectivity index (χ2v) is 4.58. The standard InChI is InChI=1S/C15H18N2O4/c1-20-10-12(7-8-18)16-15(19)13-9-14(21-17-13)11-5-3-2-4-6-11/h2-6,9,12,18H,7-8,10H2,1H3,(H,16,19). The van der Waals surface area contributed by atoms with Crippen LogP contribution in [0, 0.1) is 0 Å². The Morgan fingerprint density at radius 3 is 2.86 bits per heavy atom. The summed E-state index contributed by atoms with van der Waals surface area (Å²) in [6.07, 6.45) is 0.420. The molecular weight excluding hydrogens is 272 g/mol. The number of ether oxygens (including phenoxy) is 1. The lowest BCUT2D eigenvalue weighted by molar-refractivity contribution is 0.0870. The van der Waals surface area contributed by atoms with Crippen molar-refractivity contribution < 1.29 is 19.2 Å². The third-order valence-electron chi connectivity index (χ3n) is 2.98. The first-order valence-corrected chi connectivity index (χ1v) is 6.67. The zero-order valence-electron chi connectivity index (χ0n) is 11.8. The summed E-state index contributed by atoms with van der Waals surface area (Å²) in [6, 6.07) is 10.7. The van der Waals surface area contributed by atoms with Gasteiger partial charge in [0, 0.05) is 25.3 Å². The van der Waals surface area contributed by atoms with Crippen LogP contribution in [0.4, 0.5) is 0 Å². The van der Waals surface area contributed by atoms with E-state index < -0.39 is 0 Å². The summed E-state index contributed by atoms with van der Waals surface area (Å²) in [5, 5.41) is 15.5. The van der Waals surface area contributed by atoms with Crippen molar-refractivity contribution in [3.63, 3.8) is 0 Å². The number of carbonyl (C=O) groups excluding carboxylic acids is 1. The smallest absolute Gasteiger partial charge is 0.273 e. The normalized spacial score (nSPS) is 12.1. The van der Waals surface area contributed by atoms with Gasteiger partial charge in [-0.25, -0.2) is 0 Å². The van der Waals surface area contributed by atoms with Crippen molar-refractivity contribution in [1.29, 1.82) is 0 Å². The van der Waals surface area contributed by atoms with Crippen LogP contribution in [0.3, 0.4) is 0 Å². The highest BCUT2D eigenvalue weighted by Crippen LogP contribution is 2.19. The molecule has 0 aliphatic carbocycles. The number of amides is 1. The van der Waals surface area contributed by atoms with E-state index in [9.17, 15) is 4.79 Å². The Labute approximate surface area is 122 Å². The lowest BCUT2D eigenvalue weighted by Gasteiger charge is -2.15.